The lowest BCUT2D eigenvalue weighted by Gasteiger charge is -2.15. The van der Waals surface area contributed by atoms with E-state index in [1.54, 1.807) is 6.20 Å². The number of aryl methyl sites for hydroxylation is 1. The van der Waals surface area contributed by atoms with Gasteiger partial charge in [0, 0.05) is 11.8 Å². The van der Waals surface area contributed by atoms with Crippen molar-refractivity contribution in [2.24, 2.45) is 0 Å². The second-order valence-electron chi connectivity index (χ2n) is 3.58. The van der Waals surface area contributed by atoms with Gasteiger partial charge < -0.3 is 11.1 Å². The van der Waals surface area contributed by atoms with E-state index in [0.717, 1.165) is 17.0 Å². The molecule has 16 heavy (non-hydrogen) atoms. The summed E-state index contributed by atoms with van der Waals surface area (Å²) in [5.41, 5.74) is 7.82. The quantitative estimate of drug-likeness (QED) is 0.693. The number of anilines is 1. The van der Waals surface area contributed by atoms with E-state index in [9.17, 15) is 0 Å². The van der Waals surface area contributed by atoms with E-state index in [0.29, 0.717) is 5.82 Å². The Morgan fingerprint density at radius 3 is 2.88 bits per heavy atom. The topological polar surface area (TPSA) is 92.5 Å². The lowest BCUT2D eigenvalue weighted by molar-refractivity contribution is 0.649. The molecule has 0 fully saturated rings. The molecule has 2 heterocycles. The number of nitrogens with zero attached hydrogens (tertiary/aromatic N) is 3. The fraction of sp³-hybridized carbons (Fsp3) is 0.300. The molecule has 0 saturated carbocycles. The summed E-state index contributed by atoms with van der Waals surface area (Å²) in [5.74, 6) is 1.22. The van der Waals surface area contributed by atoms with Crippen LogP contribution in [-0.4, -0.2) is 27.2 Å². The smallest absolute Gasteiger partial charge is 0.146 e. The molecule has 1 unspecified atom stereocenters. The Bertz CT molecular complexity index is 464. The van der Waals surface area contributed by atoms with Crippen LogP contribution in [-0.2, 0) is 0 Å². The van der Waals surface area contributed by atoms with Crippen LogP contribution < -0.4 is 11.1 Å². The molecule has 2 rings (SSSR count). The Balaban J connectivity index is 2.44. The van der Waals surface area contributed by atoms with Crippen LogP contribution in [0.15, 0.2) is 18.6 Å². The maximum atomic E-state index is 5.86. The highest BCUT2D eigenvalue weighted by molar-refractivity contribution is 5.45. The maximum absolute atomic E-state index is 5.86. The molecule has 4 N–H and O–H groups in total. The van der Waals surface area contributed by atoms with Crippen LogP contribution in [0.3, 0.4) is 0 Å². The van der Waals surface area contributed by atoms with Gasteiger partial charge in [-0.15, -0.1) is 0 Å². The Kier molecular flexibility index (Phi) is 2.82. The molecule has 0 spiro atoms. The summed E-state index contributed by atoms with van der Waals surface area (Å²) < 4.78 is 0. The molecule has 2 aromatic heterocycles. The van der Waals surface area contributed by atoms with E-state index in [-0.39, 0.29) is 6.04 Å². The summed E-state index contributed by atoms with van der Waals surface area (Å²) in [4.78, 5) is 8.26. The molecule has 0 aliphatic heterocycles. The highest BCUT2D eigenvalue weighted by atomic mass is 15.2. The van der Waals surface area contributed by atoms with Crippen molar-refractivity contribution in [1.82, 2.24) is 25.5 Å². The Morgan fingerprint density at radius 1 is 1.44 bits per heavy atom. The zero-order valence-electron chi connectivity index (χ0n) is 9.23. The van der Waals surface area contributed by atoms with Crippen LogP contribution in [0.25, 0.3) is 0 Å². The van der Waals surface area contributed by atoms with Crippen molar-refractivity contribution in [3.8, 4) is 0 Å². The number of nitrogens with one attached hydrogen (secondary N) is 2. The number of aromatic nitrogens is 4. The van der Waals surface area contributed by atoms with Gasteiger partial charge in [0.05, 0.1) is 6.04 Å². The monoisotopic (exact) mass is 218 g/mol. The average Bonchev–Trinajstić information content (AvgIpc) is 2.78. The van der Waals surface area contributed by atoms with E-state index in [4.69, 9.17) is 5.73 Å². The Hall–Kier alpha value is -1.95. The van der Waals surface area contributed by atoms with Crippen molar-refractivity contribution >= 4 is 5.82 Å². The van der Waals surface area contributed by atoms with Gasteiger partial charge in [-0.1, -0.05) is 0 Å². The number of nitrogen functional groups attached to an aromatic ring is 1. The van der Waals surface area contributed by atoms with Crippen molar-refractivity contribution in [2.75, 3.05) is 12.8 Å². The van der Waals surface area contributed by atoms with Crippen molar-refractivity contribution < 1.29 is 0 Å². The van der Waals surface area contributed by atoms with Crippen molar-refractivity contribution in [2.45, 2.75) is 13.0 Å². The molecule has 0 aliphatic carbocycles. The van der Waals surface area contributed by atoms with Gasteiger partial charge in [0.1, 0.15) is 18.0 Å². The van der Waals surface area contributed by atoms with Crippen LogP contribution in [0.2, 0.25) is 0 Å². The van der Waals surface area contributed by atoms with E-state index in [1.807, 2.05) is 20.0 Å². The Morgan fingerprint density at radius 2 is 2.25 bits per heavy atom. The van der Waals surface area contributed by atoms with Gasteiger partial charge in [-0.3, -0.25) is 5.10 Å². The Labute approximate surface area is 93.3 Å². The number of pyridine rings is 1. The number of hydrogen-bond acceptors (Lipinski definition) is 5. The first-order valence-corrected chi connectivity index (χ1v) is 4.97. The van der Waals surface area contributed by atoms with Crippen molar-refractivity contribution in [1.29, 1.82) is 0 Å². The third-order valence-electron chi connectivity index (χ3n) is 2.39. The van der Waals surface area contributed by atoms with Gasteiger partial charge in [-0.25, -0.2) is 9.97 Å². The minimum Gasteiger partial charge on any atom is -0.383 e. The molecule has 1 atom stereocenters. The van der Waals surface area contributed by atoms with E-state index < -0.39 is 0 Å². The zero-order chi connectivity index (χ0) is 11.5. The second-order valence-corrected chi connectivity index (χ2v) is 3.58. The fourth-order valence-electron chi connectivity index (χ4n) is 1.63. The van der Waals surface area contributed by atoms with Crippen molar-refractivity contribution in [3.05, 3.63) is 35.5 Å². The van der Waals surface area contributed by atoms with Gasteiger partial charge in [-0.05, 0) is 25.6 Å². The molecular formula is C10H14N6. The van der Waals surface area contributed by atoms with Crippen LogP contribution >= 0.6 is 0 Å². The van der Waals surface area contributed by atoms with E-state index in [2.05, 4.69) is 25.5 Å². The molecule has 84 valence electrons. The predicted octanol–water partition coefficient (Wildman–Crippen LogP) is 0.399. The minimum atomic E-state index is -0.116. The first kappa shape index (κ1) is 10.6. The lowest BCUT2D eigenvalue weighted by atomic mass is 10.1. The van der Waals surface area contributed by atoms with Crippen molar-refractivity contribution in [3.63, 3.8) is 0 Å². The van der Waals surface area contributed by atoms with Gasteiger partial charge in [0.25, 0.3) is 0 Å². The minimum absolute atomic E-state index is 0.116. The van der Waals surface area contributed by atoms with E-state index >= 15 is 0 Å². The highest BCUT2D eigenvalue weighted by Gasteiger charge is 2.18. The van der Waals surface area contributed by atoms with Gasteiger partial charge >= 0.3 is 0 Å². The molecule has 0 radical (unpaired) electrons. The first-order chi connectivity index (χ1) is 7.72. The summed E-state index contributed by atoms with van der Waals surface area (Å²) in [6, 6.07) is 1.88. The number of H-pyrrole nitrogens is 1. The third-order valence-corrected chi connectivity index (χ3v) is 2.39. The summed E-state index contributed by atoms with van der Waals surface area (Å²) >= 11 is 0. The van der Waals surface area contributed by atoms with E-state index in [1.165, 1.54) is 6.33 Å². The SMILES string of the molecule is CNC(c1ncn[nH]1)c1cc(C)cnc1N. The number of hydrogen-bond donors (Lipinski definition) is 3. The number of rotatable bonds is 3. The molecule has 6 nitrogen and oxygen atoms in total. The van der Waals surface area contributed by atoms with Crippen LogP contribution in [0.5, 0.6) is 0 Å². The summed E-state index contributed by atoms with van der Waals surface area (Å²) in [6.45, 7) is 1.98. The first-order valence-electron chi connectivity index (χ1n) is 4.97. The summed E-state index contributed by atoms with van der Waals surface area (Å²) in [7, 11) is 1.84. The largest absolute Gasteiger partial charge is 0.383 e. The highest BCUT2D eigenvalue weighted by Crippen LogP contribution is 2.23. The lowest BCUT2D eigenvalue weighted by Crippen LogP contribution is -2.21. The molecule has 2 aromatic rings. The standard InChI is InChI=1S/C10H14N6/c1-6-3-7(9(11)13-4-6)8(12-2)10-14-5-15-16-10/h3-5,8,12H,1-2H3,(H2,11,13)(H,14,15,16). The predicted molar refractivity (Wildman–Crippen MR) is 60.7 cm³/mol. The van der Waals surface area contributed by atoms with Crippen LogP contribution in [0.1, 0.15) is 23.0 Å². The normalized spacial score (nSPS) is 12.6. The number of nitrogens with two attached hydrogens (primary N) is 1. The molecule has 0 aromatic carbocycles. The second kappa shape index (κ2) is 4.28. The summed E-state index contributed by atoms with van der Waals surface area (Å²) in [6.07, 6.45) is 3.21. The molecular weight excluding hydrogens is 204 g/mol. The van der Waals surface area contributed by atoms with Crippen LogP contribution in [0, 0.1) is 6.92 Å². The van der Waals surface area contributed by atoms with Crippen LogP contribution in [0.4, 0.5) is 5.82 Å². The van der Waals surface area contributed by atoms with Gasteiger partial charge in [-0.2, -0.15) is 5.10 Å². The maximum Gasteiger partial charge on any atom is 0.146 e. The van der Waals surface area contributed by atoms with Gasteiger partial charge in [0.2, 0.25) is 0 Å². The average molecular weight is 218 g/mol. The molecule has 0 saturated heterocycles. The number of aromatic amines is 1. The zero-order valence-corrected chi connectivity index (χ0v) is 9.23. The molecule has 6 heteroatoms. The molecule has 0 bridgehead atoms. The molecule has 0 aliphatic rings. The third kappa shape index (κ3) is 1.87. The fourth-order valence-corrected chi connectivity index (χ4v) is 1.63. The summed E-state index contributed by atoms with van der Waals surface area (Å²) in [5, 5.41) is 9.79. The van der Waals surface area contributed by atoms with Gasteiger partial charge in [0.15, 0.2) is 0 Å². The molecule has 0 amide bonds.